The molecule has 0 saturated carbocycles. The molecule has 0 aliphatic carbocycles. The molecule has 0 unspecified atom stereocenters. The van der Waals surface area contributed by atoms with Crippen LogP contribution in [-0.4, -0.2) is 48.5 Å². The summed E-state index contributed by atoms with van der Waals surface area (Å²) < 4.78 is 30.2. The molecule has 2 aromatic rings. The van der Waals surface area contributed by atoms with Crippen LogP contribution in [0, 0.1) is 11.8 Å². The molecular weight excluding hydrogens is 553 g/mol. The van der Waals surface area contributed by atoms with Crippen molar-refractivity contribution < 1.29 is 33.0 Å². The lowest BCUT2D eigenvalue weighted by atomic mass is 9.84. The Labute approximate surface area is 248 Å². The fourth-order valence-electron chi connectivity index (χ4n) is 4.44. The largest absolute Gasteiger partial charge is 0.541 e. The van der Waals surface area contributed by atoms with E-state index in [0.717, 1.165) is 11.1 Å². The van der Waals surface area contributed by atoms with Crippen LogP contribution in [0.4, 0.5) is 0 Å². The van der Waals surface area contributed by atoms with Crippen LogP contribution in [0.5, 0.6) is 23.0 Å². The fraction of sp³-hybridized carbons (Fsp3) is 0.594. The molecule has 2 aromatic carbocycles. The normalized spacial score (nSPS) is 20.0. The first-order chi connectivity index (χ1) is 18.8. The molecule has 228 valence electrons. The van der Waals surface area contributed by atoms with Gasteiger partial charge >= 0.3 is 5.97 Å². The number of carbonyl (C=O) groups is 1. The van der Waals surface area contributed by atoms with Gasteiger partial charge in [0, 0.05) is 5.92 Å². The molecule has 3 rings (SSSR count). The van der Waals surface area contributed by atoms with Crippen LogP contribution in [0.1, 0.15) is 58.8 Å². The van der Waals surface area contributed by atoms with E-state index < -0.39 is 34.6 Å². The summed E-state index contributed by atoms with van der Waals surface area (Å²) in [6, 6.07) is 11.5. The van der Waals surface area contributed by atoms with E-state index >= 15 is 0 Å². The molecule has 0 aromatic heterocycles. The zero-order valence-electron chi connectivity index (χ0n) is 27.0. The number of cyclic esters (lactones) is 1. The molecule has 0 amide bonds. The number of rotatable bonds is 10. The van der Waals surface area contributed by atoms with Gasteiger partial charge in [0.1, 0.15) is 17.6 Å². The van der Waals surface area contributed by atoms with Gasteiger partial charge in [-0.25, -0.2) is 0 Å². The molecule has 1 fully saturated rings. The summed E-state index contributed by atoms with van der Waals surface area (Å²) in [5, 5.41) is 10.5. The highest BCUT2D eigenvalue weighted by molar-refractivity contribution is 6.75. The van der Waals surface area contributed by atoms with E-state index in [-0.39, 0.29) is 22.7 Å². The maximum Gasteiger partial charge on any atom is 0.310 e. The van der Waals surface area contributed by atoms with Gasteiger partial charge in [0.05, 0.1) is 26.7 Å². The van der Waals surface area contributed by atoms with Crippen LogP contribution in [0.25, 0.3) is 0 Å². The Morgan fingerprint density at radius 3 is 1.73 bits per heavy atom. The van der Waals surface area contributed by atoms with Gasteiger partial charge < -0.3 is 28.2 Å². The van der Waals surface area contributed by atoms with E-state index in [2.05, 4.69) is 67.7 Å². The van der Waals surface area contributed by atoms with Crippen molar-refractivity contribution >= 4 is 22.6 Å². The smallest absolute Gasteiger partial charge is 0.310 e. The van der Waals surface area contributed by atoms with Crippen molar-refractivity contribution in [3.63, 3.8) is 0 Å². The lowest BCUT2D eigenvalue weighted by Crippen LogP contribution is -2.43. The Hall–Kier alpha value is -2.50. The van der Waals surface area contributed by atoms with E-state index in [1.54, 1.807) is 14.2 Å². The highest BCUT2D eigenvalue weighted by atomic mass is 28.4. The first kappa shape index (κ1) is 33.0. The van der Waals surface area contributed by atoms with Gasteiger partial charge in [-0.2, -0.15) is 0 Å². The molecule has 0 radical (unpaired) electrons. The number of ether oxygens (including phenoxy) is 3. The van der Waals surface area contributed by atoms with Gasteiger partial charge in [0.15, 0.2) is 11.5 Å². The highest BCUT2D eigenvalue weighted by Crippen LogP contribution is 2.46. The number of hydrogen-bond acceptors (Lipinski definition) is 7. The zero-order chi connectivity index (χ0) is 31.0. The average Bonchev–Trinajstić information content (AvgIpc) is 3.18. The molecular formula is C32H50O7Si2. The third-order valence-corrected chi connectivity index (χ3v) is 17.9. The first-order valence-corrected chi connectivity index (χ1v) is 20.2. The Bertz CT molecular complexity index is 1230. The molecule has 3 atom stereocenters. The van der Waals surface area contributed by atoms with Crippen LogP contribution in [0.3, 0.4) is 0 Å². The predicted molar refractivity (Wildman–Crippen MR) is 168 cm³/mol. The first-order valence-electron chi connectivity index (χ1n) is 14.4. The van der Waals surface area contributed by atoms with Crippen molar-refractivity contribution in [1.82, 2.24) is 0 Å². The second-order valence-corrected chi connectivity index (χ2v) is 23.6. The molecule has 1 N–H and O–H groups in total. The van der Waals surface area contributed by atoms with Gasteiger partial charge in [0.2, 0.25) is 0 Å². The molecule has 1 heterocycles. The minimum atomic E-state index is -2.09. The fourth-order valence-corrected chi connectivity index (χ4v) is 6.49. The van der Waals surface area contributed by atoms with Crippen LogP contribution < -0.4 is 18.3 Å². The summed E-state index contributed by atoms with van der Waals surface area (Å²) in [6.07, 6.45) is -0.169. The van der Waals surface area contributed by atoms with E-state index in [4.69, 9.17) is 23.1 Å². The third kappa shape index (κ3) is 7.12. The predicted octanol–water partition coefficient (Wildman–Crippen LogP) is 7.54. The van der Waals surface area contributed by atoms with Crippen molar-refractivity contribution in [3.05, 3.63) is 47.5 Å². The van der Waals surface area contributed by atoms with Gasteiger partial charge in [-0.05, 0) is 78.1 Å². The lowest BCUT2D eigenvalue weighted by Gasteiger charge is -2.37. The monoisotopic (exact) mass is 602 g/mol. The minimum Gasteiger partial charge on any atom is -0.541 e. The van der Waals surface area contributed by atoms with Crippen LogP contribution >= 0.6 is 0 Å². The number of esters is 1. The van der Waals surface area contributed by atoms with Crippen molar-refractivity contribution in [3.8, 4) is 23.0 Å². The minimum absolute atomic E-state index is 0.0324. The van der Waals surface area contributed by atoms with E-state index in [0.29, 0.717) is 29.4 Å². The number of methoxy groups -OCH3 is 2. The number of aliphatic hydroxyl groups is 1. The third-order valence-electron chi connectivity index (χ3n) is 9.20. The number of carbonyl (C=O) groups excluding carboxylic acids is 1. The maximum atomic E-state index is 13.1. The topological polar surface area (TPSA) is 83.5 Å². The average molecular weight is 603 g/mol. The van der Waals surface area contributed by atoms with Crippen molar-refractivity contribution in [2.45, 2.75) is 90.3 Å². The molecule has 1 aliphatic rings. The van der Waals surface area contributed by atoms with Crippen LogP contribution in [-0.2, 0) is 16.0 Å². The maximum absolute atomic E-state index is 13.1. The second kappa shape index (κ2) is 12.0. The molecule has 0 bridgehead atoms. The summed E-state index contributed by atoms with van der Waals surface area (Å²) in [5.41, 5.74) is 1.69. The standard InChI is InChI=1S/C32H50O7Si2/c1-31(2,3)40(9,10)38-25-15-13-21(18-27(25)35-7)17-23-24(20-33)29(37-30(23)34)22-14-16-26(28(19-22)36-8)39-41(11,12)32(4,5)6/h13-16,18-19,23-24,29,33H,17,20H2,1-12H3/t23-,24+,29-/m1/s1. The van der Waals surface area contributed by atoms with E-state index in [9.17, 15) is 9.90 Å². The number of benzene rings is 2. The van der Waals surface area contributed by atoms with E-state index in [1.165, 1.54) is 0 Å². The molecule has 41 heavy (non-hydrogen) atoms. The highest BCUT2D eigenvalue weighted by Gasteiger charge is 2.46. The van der Waals surface area contributed by atoms with Gasteiger partial charge in [-0.15, -0.1) is 0 Å². The molecule has 1 saturated heterocycles. The van der Waals surface area contributed by atoms with Crippen molar-refractivity contribution in [2.75, 3.05) is 20.8 Å². The van der Waals surface area contributed by atoms with Crippen LogP contribution in [0.15, 0.2) is 36.4 Å². The Kier molecular flexibility index (Phi) is 9.67. The summed E-state index contributed by atoms with van der Waals surface area (Å²) in [5.74, 6) is 1.38. The lowest BCUT2D eigenvalue weighted by molar-refractivity contribution is -0.144. The van der Waals surface area contributed by atoms with Crippen molar-refractivity contribution in [2.24, 2.45) is 11.8 Å². The Morgan fingerprint density at radius 2 is 1.27 bits per heavy atom. The summed E-state index contributed by atoms with van der Waals surface area (Å²) >= 11 is 0. The van der Waals surface area contributed by atoms with Gasteiger partial charge in [-0.1, -0.05) is 53.7 Å². The Morgan fingerprint density at radius 1 is 0.780 bits per heavy atom. The second-order valence-electron chi connectivity index (χ2n) is 14.1. The summed E-state index contributed by atoms with van der Waals surface area (Å²) in [4.78, 5) is 13.1. The summed E-state index contributed by atoms with van der Waals surface area (Å²) in [7, 11) is -0.913. The van der Waals surface area contributed by atoms with Crippen LogP contribution in [0.2, 0.25) is 36.3 Å². The zero-order valence-corrected chi connectivity index (χ0v) is 29.0. The van der Waals surface area contributed by atoms with E-state index in [1.807, 2.05) is 36.4 Å². The molecule has 7 nitrogen and oxygen atoms in total. The number of aliphatic hydroxyl groups excluding tert-OH is 1. The summed E-state index contributed by atoms with van der Waals surface area (Å²) in [6.45, 7) is 21.7. The molecule has 0 spiro atoms. The number of hydrogen-bond donors (Lipinski definition) is 1. The van der Waals surface area contributed by atoms with Gasteiger partial charge in [0.25, 0.3) is 16.6 Å². The Balaban J connectivity index is 1.84. The molecule has 9 heteroatoms. The molecule has 1 aliphatic heterocycles. The van der Waals surface area contributed by atoms with Crippen molar-refractivity contribution in [1.29, 1.82) is 0 Å². The quantitative estimate of drug-likeness (QED) is 0.222. The SMILES string of the molecule is COc1cc(C[C@H]2C(=O)O[C@H](c3ccc(O[Si](C)(C)C(C)(C)C)c(OC)c3)[C@H]2CO)ccc1O[Si](C)(C)C(C)(C)C. The van der Waals surface area contributed by atoms with Gasteiger partial charge in [-0.3, -0.25) is 4.79 Å².